The molecule has 3 unspecified atom stereocenters. The predicted octanol–water partition coefficient (Wildman–Crippen LogP) is 2.45. The maximum atomic E-state index is 10.9. The third kappa shape index (κ3) is 2.70. The normalized spacial score (nSPS) is 29.7. The van der Waals surface area contributed by atoms with Crippen LogP contribution < -0.4 is 0 Å². The maximum absolute atomic E-state index is 10.9. The van der Waals surface area contributed by atoms with Crippen LogP contribution in [0.2, 0.25) is 0 Å². The number of aliphatic hydroxyl groups excluding tert-OH is 1. The second-order valence-electron chi connectivity index (χ2n) is 6.23. The topological polar surface area (TPSA) is 41.3 Å². The summed E-state index contributed by atoms with van der Waals surface area (Å²) in [7, 11) is 4.18. The Hall–Kier alpha value is -0.870. The van der Waals surface area contributed by atoms with Gasteiger partial charge in [-0.1, -0.05) is 19.8 Å². The number of likely N-dealkylation sites (N-methyl/N-ethyl adjacent to an activating group) is 1. The first-order valence-corrected chi connectivity index (χ1v) is 7.37. The Morgan fingerprint density at radius 3 is 2.84 bits per heavy atom. The summed E-state index contributed by atoms with van der Waals surface area (Å²) >= 11 is 0. The highest BCUT2D eigenvalue weighted by atomic mass is 16.3. The quantitative estimate of drug-likeness (QED) is 0.909. The van der Waals surface area contributed by atoms with Crippen molar-refractivity contribution in [2.24, 2.45) is 5.92 Å². The molecule has 2 rings (SSSR count). The fourth-order valence-corrected chi connectivity index (χ4v) is 3.47. The van der Waals surface area contributed by atoms with Gasteiger partial charge in [0, 0.05) is 18.3 Å². The molecule has 4 nitrogen and oxygen atoms in total. The van der Waals surface area contributed by atoms with E-state index in [0.29, 0.717) is 5.92 Å². The molecule has 1 aromatic heterocycles. The van der Waals surface area contributed by atoms with Gasteiger partial charge in [0.15, 0.2) is 0 Å². The molecule has 0 saturated heterocycles. The molecule has 0 spiro atoms. The number of hydrogen-bond donors (Lipinski definition) is 1. The molecule has 0 bridgehead atoms. The summed E-state index contributed by atoms with van der Waals surface area (Å²) in [5.74, 6) is 0.673. The predicted molar refractivity (Wildman–Crippen MR) is 76.9 cm³/mol. The molecular formula is C15H27N3O. The van der Waals surface area contributed by atoms with E-state index in [0.717, 1.165) is 24.9 Å². The molecule has 1 saturated carbocycles. The average molecular weight is 265 g/mol. The zero-order valence-electron chi connectivity index (χ0n) is 12.6. The molecule has 0 aromatic carbocycles. The highest BCUT2D eigenvalue weighted by Crippen LogP contribution is 2.43. The number of aliphatic hydroxyl groups is 1. The van der Waals surface area contributed by atoms with Crippen molar-refractivity contribution >= 4 is 0 Å². The van der Waals surface area contributed by atoms with E-state index in [9.17, 15) is 5.11 Å². The summed E-state index contributed by atoms with van der Waals surface area (Å²) in [6, 6.07) is 0. The van der Waals surface area contributed by atoms with Crippen LogP contribution in [0.15, 0.2) is 12.4 Å². The first-order valence-electron chi connectivity index (χ1n) is 7.37. The van der Waals surface area contributed by atoms with E-state index in [4.69, 9.17) is 0 Å². The Morgan fingerprint density at radius 1 is 1.58 bits per heavy atom. The van der Waals surface area contributed by atoms with Crippen LogP contribution >= 0.6 is 0 Å². The van der Waals surface area contributed by atoms with Crippen molar-refractivity contribution in [2.75, 3.05) is 14.1 Å². The number of aromatic nitrogens is 2. The van der Waals surface area contributed by atoms with E-state index in [1.165, 1.54) is 12.8 Å². The van der Waals surface area contributed by atoms with Gasteiger partial charge < -0.3 is 10.0 Å². The summed E-state index contributed by atoms with van der Waals surface area (Å²) < 4.78 is 1.88. The Bertz CT molecular complexity index is 415. The van der Waals surface area contributed by atoms with E-state index in [1.807, 2.05) is 17.1 Å². The van der Waals surface area contributed by atoms with Crippen molar-refractivity contribution in [3.05, 3.63) is 18.0 Å². The third-order valence-electron chi connectivity index (χ3n) is 4.70. The van der Waals surface area contributed by atoms with Gasteiger partial charge in [0.25, 0.3) is 0 Å². The van der Waals surface area contributed by atoms with Gasteiger partial charge in [-0.25, -0.2) is 0 Å². The average Bonchev–Trinajstić information content (AvgIpc) is 2.86. The lowest BCUT2D eigenvalue weighted by Gasteiger charge is -2.48. The highest BCUT2D eigenvalue weighted by Gasteiger charge is 2.44. The molecule has 108 valence electrons. The largest absolute Gasteiger partial charge is 0.386 e. The molecule has 1 aromatic rings. The molecule has 1 N–H and O–H groups in total. The summed E-state index contributed by atoms with van der Waals surface area (Å²) in [6.45, 7) is 5.20. The van der Waals surface area contributed by atoms with Crippen molar-refractivity contribution in [1.82, 2.24) is 14.7 Å². The van der Waals surface area contributed by atoms with Crippen LogP contribution in [0.1, 0.15) is 51.2 Å². The Kier molecular flexibility index (Phi) is 4.31. The smallest absolute Gasteiger partial charge is 0.100 e. The zero-order valence-corrected chi connectivity index (χ0v) is 12.6. The molecule has 1 heterocycles. The van der Waals surface area contributed by atoms with Crippen LogP contribution in [-0.4, -0.2) is 39.4 Å². The minimum absolute atomic E-state index is 0.140. The van der Waals surface area contributed by atoms with Gasteiger partial charge in [0.2, 0.25) is 0 Å². The molecule has 0 aliphatic heterocycles. The Morgan fingerprint density at radius 2 is 2.32 bits per heavy atom. The first-order chi connectivity index (χ1) is 8.99. The Labute approximate surface area is 116 Å². The third-order valence-corrected chi connectivity index (χ3v) is 4.70. The van der Waals surface area contributed by atoms with E-state index in [-0.39, 0.29) is 5.54 Å². The fourth-order valence-electron chi connectivity index (χ4n) is 3.47. The van der Waals surface area contributed by atoms with E-state index < -0.39 is 6.10 Å². The molecule has 1 aliphatic rings. The maximum Gasteiger partial charge on any atom is 0.100 e. The minimum atomic E-state index is -0.453. The number of rotatable bonds is 4. The van der Waals surface area contributed by atoms with Crippen LogP contribution in [0.3, 0.4) is 0 Å². The fraction of sp³-hybridized carbons (Fsp3) is 0.800. The number of nitrogens with zero attached hydrogens (tertiary/aromatic N) is 3. The van der Waals surface area contributed by atoms with Crippen LogP contribution in [0.5, 0.6) is 0 Å². The summed E-state index contributed by atoms with van der Waals surface area (Å²) in [6.07, 6.45) is 7.93. The van der Waals surface area contributed by atoms with Crippen LogP contribution in [0, 0.1) is 5.92 Å². The van der Waals surface area contributed by atoms with Crippen LogP contribution in [0.4, 0.5) is 0 Å². The lowest BCUT2D eigenvalue weighted by Crippen LogP contribution is -2.52. The van der Waals surface area contributed by atoms with Gasteiger partial charge >= 0.3 is 0 Å². The van der Waals surface area contributed by atoms with E-state index in [1.54, 1.807) is 0 Å². The highest BCUT2D eigenvalue weighted by molar-refractivity contribution is 5.16. The lowest BCUT2D eigenvalue weighted by atomic mass is 9.71. The second kappa shape index (κ2) is 5.63. The molecular weight excluding hydrogens is 238 g/mol. The van der Waals surface area contributed by atoms with Crippen LogP contribution in [0.25, 0.3) is 0 Å². The number of hydrogen-bond acceptors (Lipinski definition) is 3. The van der Waals surface area contributed by atoms with Gasteiger partial charge in [0.1, 0.15) is 6.10 Å². The Balaban J connectivity index is 2.27. The van der Waals surface area contributed by atoms with Gasteiger partial charge in [-0.2, -0.15) is 5.10 Å². The van der Waals surface area contributed by atoms with E-state index >= 15 is 0 Å². The van der Waals surface area contributed by atoms with Crippen molar-refractivity contribution in [2.45, 2.75) is 57.7 Å². The van der Waals surface area contributed by atoms with Gasteiger partial charge in [0.05, 0.1) is 11.7 Å². The van der Waals surface area contributed by atoms with Crippen molar-refractivity contribution < 1.29 is 5.11 Å². The molecule has 1 aliphatic carbocycles. The van der Waals surface area contributed by atoms with Gasteiger partial charge in [-0.05, 0) is 39.8 Å². The summed E-state index contributed by atoms with van der Waals surface area (Å²) in [5, 5.41) is 15.2. The first kappa shape index (κ1) is 14.5. The molecule has 19 heavy (non-hydrogen) atoms. The summed E-state index contributed by atoms with van der Waals surface area (Å²) in [5.41, 5.74) is 0.809. The van der Waals surface area contributed by atoms with Gasteiger partial charge in [-0.3, -0.25) is 4.68 Å². The van der Waals surface area contributed by atoms with Crippen molar-refractivity contribution in [1.29, 1.82) is 0 Å². The standard InChI is InChI=1S/C15H27N3O/c1-5-18-11-13(10-16-18)14(19)15(17(3)4)8-6-7-12(2)9-15/h10-12,14,19H,5-9H2,1-4H3. The van der Waals surface area contributed by atoms with Gasteiger partial charge in [-0.15, -0.1) is 0 Å². The number of aryl methyl sites for hydroxylation is 1. The zero-order chi connectivity index (χ0) is 14.0. The molecule has 0 radical (unpaired) electrons. The van der Waals surface area contributed by atoms with E-state index in [2.05, 4.69) is 37.9 Å². The van der Waals surface area contributed by atoms with Crippen molar-refractivity contribution in [3.63, 3.8) is 0 Å². The van der Waals surface area contributed by atoms with Crippen molar-refractivity contribution in [3.8, 4) is 0 Å². The minimum Gasteiger partial charge on any atom is -0.386 e. The summed E-state index contributed by atoms with van der Waals surface area (Å²) in [4.78, 5) is 2.22. The van der Waals surface area contributed by atoms with Crippen LogP contribution in [-0.2, 0) is 6.54 Å². The SMILES string of the molecule is CCn1cc(C(O)C2(N(C)C)CCCC(C)C2)cn1. The molecule has 4 heteroatoms. The molecule has 1 fully saturated rings. The molecule has 3 atom stereocenters. The lowest BCUT2D eigenvalue weighted by molar-refractivity contribution is -0.0451. The monoisotopic (exact) mass is 265 g/mol. The molecule has 0 amide bonds. The second-order valence-corrected chi connectivity index (χ2v) is 6.23.